The zero-order valence-corrected chi connectivity index (χ0v) is 11.9. The number of hydrogen-bond acceptors (Lipinski definition) is 5. The van der Waals surface area contributed by atoms with Crippen LogP contribution < -0.4 is 4.74 Å². The van der Waals surface area contributed by atoms with Gasteiger partial charge in [-0.1, -0.05) is 0 Å². The summed E-state index contributed by atoms with van der Waals surface area (Å²) in [5, 5.41) is 4.36. The average molecular weight is 293 g/mol. The Labute approximate surface area is 120 Å². The number of fused-ring (bicyclic) bond motifs is 1. The van der Waals surface area contributed by atoms with Crippen LogP contribution in [-0.4, -0.2) is 36.4 Å². The summed E-state index contributed by atoms with van der Waals surface area (Å²) < 4.78 is 8.88. The molecule has 0 atom stereocenters. The van der Waals surface area contributed by atoms with Crippen LogP contribution in [0.4, 0.5) is 0 Å². The number of methoxy groups -OCH3 is 1. The number of imidazole rings is 1. The van der Waals surface area contributed by atoms with Crippen molar-refractivity contribution in [1.29, 1.82) is 0 Å². The fraction of sp³-hybridized carbons (Fsp3) is 0.333. The summed E-state index contributed by atoms with van der Waals surface area (Å²) in [4.78, 5) is 12.8. The summed E-state index contributed by atoms with van der Waals surface area (Å²) in [7, 11) is 3.43. The summed E-state index contributed by atoms with van der Waals surface area (Å²) >= 11 is 5.97. The summed E-state index contributed by atoms with van der Waals surface area (Å²) in [5.41, 5.74) is 2.22. The molecular weight excluding hydrogens is 280 g/mol. The van der Waals surface area contributed by atoms with Crippen molar-refractivity contribution in [3.8, 4) is 5.88 Å². The molecule has 0 radical (unpaired) electrons. The molecule has 7 nitrogen and oxygen atoms in total. The molecule has 3 rings (SSSR count). The van der Waals surface area contributed by atoms with Gasteiger partial charge in [0.15, 0.2) is 11.2 Å². The van der Waals surface area contributed by atoms with Crippen LogP contribution in [0.5, 0.6) is 5.88 Å². The number of alkyl halides is 1. The molecule has 20 heavy (non-hydrogen) atoms. The van der Waals surface area contributed by atoms with E-state index in [-0.39, 0.29) is 5.88 Å². The first-order valence-corrected chi connectivity index (χ1v) is 6.55. The van der Waals surface area contributed by atoms with E-state index in [1.54, 1.807) is 11.8 Å². The number of aromatic nitrogens is 6. The lowest BCUT2D eigenvalue weighted by atomic mass is 10.4. The van der Waals surface area contributed by atoms with Crippen LogP contribution in [0.25, 0.3) is 11.2 Å². The second kappa shape index (κ2) is 5.09. The summed E-state index contributed by atoms with van der Waals surface area (Å²) in [5.74, 6) is 1.44. The van der Waals surface area contributed by atoms with Gasteiger partial charge in [-0.2, -0.15) is 10.1 Å². The summed E-state index contributed by atoms with van der Waals surface area (Å²) in [6.07, 6.45) is 3.35. The molecule has 0 unspecified atom stereocenters. The standard InChI is InChI=1S/C12H13ClN6O/c1-18-4-3-8(17-18)6-19-9(5-13)16-10-11(19)14-7-15-12(10)20-2/h3-4,7H,5-6H2,1-2H3. The number of hydrogen-bond donors (Lipinski definition) is 0. The van der Waals surface area contributed by atoms with Gasteiger partial charge < -0.3 is 9.30 Å². The minimum atomic E-state index is 0.284. The van der Waals surface area contributed by atoms with E-state index >= 15 is 0 Å². The molecule has 0 amide bonds. The minimum Gasteiger partial charge on any atom is -0.479 e. The van der Waals surface area contributed by atoms with E-state index in [1.807, 2.05) is 23.9 Å². The number of rotatable bonds is 4. The molecule has 3 aromatic rings. The highest BCUT2D eigenvalue weighted by atomic mass is 35.5. The molecule has 0 saturated carbocycles. The highest BCUT2D eigenvalue weighted by Gasteiger charge is 2.16. The Bertz CT molecular complexity index is 750. The fourth-order valence-corrected chi connectivity index (χ4v) is 2.29. The lowest BCUT2D eigenvalue weighted by molar-refractivity contribution is 0.401. The van der Waals surface area contributed by atoms with Crippen molar-refractivity contribution in [3.05, 3.63) is 30.1 Å². The smallest absolute Gasteiger partial charge is 0.245 e. The Morgan fingerprint density at radius 1 is 1.35 bits per heavy atom. The topological polar surface area (TPSA) is 70.7 Å². The van der Waals surface area contributed by atoms with E-state index in [4.69, 9.17) is 16.3 Å². The molecule has 0 bridgehead atoms. The molecule has 0 saturated heterocycles. The van der Waals surface area contributed by atoms with Gasteiger partial charge in [-0.05, 0) is 6.07 Å². The van der Waals surface area contributed by atoms with Crippen molar-refractivity contribution in [2.45, 2.75) is 12.4 Å². The van der Waals surface area contributed by atoms with Crippen molar-refractivity contribution >= 4 is 22.8 Å². The lowest BCUT2D eigenvalue weighted by Gasteiger charge is -2.04. The molecule has 0 aliphatic heterocycles. The molecular formula is C12H13ClN6O. The predicted octanol–water partition coefficient (Wildman–Crippen LogP) is 1.36. The third-order valence-electron chi connectivity index (χ3n) is 2.98. The van der Waals surface area contributed by atoms with E-state index in [0.29, 0.717) is 29.4 Å². The van der Waals surface area contributed by atoms with Crippen LogP contribution in [0.1, 0.15) is 11.5 Å². The van der Waals surface area contributed by atoms with Gasteiger partial charge in [0.25, 0.3) is 0 Å². The van der Waals surface area contributed by atoms with Crippen LogP contribution in [0.15, 0.2) is 18.6 Å². The van der Waals surface area contributed by atoms with Gasteiger partial charge in [0.2, 0.25) is 5.88 Å². The number of halogens is 1. The molecule has 0 aliphatic rings. The van der Waals surface area contributed by atoms with Gasteiger partial charge in [0.1, 0.15) is 12.2 Å². The molecule has 8 heteroatoms. The van der Waals surface area contributed by atoms with E-state index in [0.717, 1.165) is 5.69 Å². The second-order valence-corrected chi connectivity index (χ2v) is 4.55. The highest BCUT2D eigenvalue weighted by Crippen LogP contribution is 2.23. The molecule has 3 aromatic heterocycles. The first-order chi connectivity index (χ1) is 9.72. The Balaban J connectivity index is 2.13. The van der Waals surface area contributed by atoms with Gasteiger partial charge in [0, 0.05) is 13.2 Å². The number of nitrogens with zero attached hydrogens (tertiary/aromatic N) is 6. The Morgan fingerprint density at radius 2 is 2.20 bits per heavy atom. The van der Waals surface area contributed by atoms with Crippen LogP contribution >= 0.6 is 11.6 Å². The van der Waals surface area contributed by atoms with E-state index in [9.17, 15) is 0 Å². The van der Waals surface area contributed by atoms with Crippen molar-refractivity contribution < 1.29 is 4.74 Å². The van der Waals surface area contributed by atoms with Crippen molar-refractivity contribution in [1.82, 2.24) is 29.3 Å². The molecule has 104 valence electrons. The van der Waals surface area contributed by atoms with Crippen LogP contribution in [0, 0.1) is 0 Å². The quantitative estimate of drug-likeness (QED) is 0.679. The Morgan fingerprint density at radius 3 is 2.85 bits per heavy atom. The molecule has 0 aromatic carbocycles. The van der Waals surface area contributed by atoms with Gasteiger partial charge in [0.05, 0.1) is 25.2 Å². The zero-order valence-electron chi connectivity index (χ0n) is 11.1. The third kappa shape index (κ3) is 2.09. The summed E-state index contributed by atoms with van der Waals surface area (Å²) in [6, 6.07) is 1.95. The normalized spacial score (nSPS) is 11.2. The second-order valence-electron chi connectivity index (χ2n) is 4.28. The summed E-state index contributed by atoms with van der Waals surface area (Å²) in [6.45, 7) is 0.555. The maximum absolute atomic E-state index is 5.97. The van der Waals surface area contributed by atoms with Gasteiger partial charge in [-0.15, -0.1) is 11.6 Å². The van der Waals surface area contributed by atoms with Crippen LogP contribution in [-0.2, 0) is 19.5 Å². The van der Waals surface area contributed by atoms with E-state index in [1.165, 1.54) is 6.33 Å². The SMILES string of the molecule is COc1ncnc2c1nc(CCl)n2Cc1ccn(C)n1. The monoisotopic (exact) mass is 292 g/mol. The van der Waals surface area contributed by atoms with E-state index in [2.05, 4.69) is 20.1 Å². The highest BCUT2D eigenvalue weighted by molar-refractivity contribution is 6.16. The maximum Gasteiger partial charge on any atom is 0.245 e. The zero-order chi connectivity index (χ0) is 14.1. The molecule has 0 aliphatic carbocycles. The van der Waals surface area contributed by atoms with Gasteiger partial charge >= 0.3 is 0 Å². The first kappa shape index (κ1) is 12.9. The van der Waals surface area contributed by atoms with Crippen molar-refractivity contribution in [2.75, 3.05) is 7.11 Å². The molecule has 0 fully saturated rings. The van der Waals surface area contributed by atoms with Crippen LogP contribution in [0.3, 0.4) is 0 Å². The molecule has 0 spiro atoms. The largest absolute Gasteiger partial charge is 0.479 e. The van der Waals surface area contributed by atoms with Crippen molar-refractivity contribution in [3.63, 3.8) is 0 Å². The third-order valence-corrected chi connectivity index (χ3v) is 3.22. The van der Waals surface area contributed by atoms with Crippen LogP contribution in [0.2, 0.25) is 0 Å². The number of ether oxygens (including phenoxy) is 1. The lowest BCUT2D eigenvalue weighted by Crippen LogP contribution is -2.06. The fourth-order valence-electron chi connectivity index (χ4n) is 2.09. The van der Waals surface area contributed by atoms with Gasteiger partial charge in [-0.25, -0.2) is 9.97 Å². The molecule has 3 heterocycles. The Hall–Kier alpha value is -2.15. The molecule has 0 N–H and O–H groups in total. The average Bonchev–Trinajstić information content (AvgIpc) is 3.03. The maximum atomic E-state index is 5.97. The minimum absolute atomic E-state index is 0.284. The van der Waals surface area contributed by atoms with Crippen molar-refractivity contribution in [2.24, 2.45) is 7.05 Å². The number of aryl methyl sites for hydroxylation is 1. The van der Waals surface area contributed by atoms with E-state index < -0.39 is 0 Å². The first-order valence-electron chi connectivity index (χ1n) is 6.01. The predicted molar refractivity (Wildman–Crippen MR) is 73.7 cm³/mol. The van der Waals surface area contributed by atoms with Gasteiger partial charge in [-0.3, -0.25) is 4.68 Å². The Kier molecular flexibility index (Phi) is 3.27.